The number of nitrogens with two attached hydrogens (primary N) is 1. The molecule has 4 heteroatoms. The fraction of sp³-hybridized carbons (Fsp3) is 0.364. The predicted molar refractivity (Wildman–Crippen MR) is 57.4 cm³/mol. The third kappa shape index (κ3) is 1.63. The molecular weight excluding hydrogens is 192 g/mol. The second-order valence-electron chi connectivity index (χ2n) is 3.88. The number of furan rings is 1. The number of aryl methyl sites for hydroxylation is 1. The highest BCUT2D eigenvalue weighted by Crippen LogP contribution is 2.34. The summed E-state index contributed by atoms with van der Waals surface area (Å²) in [7, 11) is 0. The minimum atomic E-state index is 0.261. The Balaban J connectivity index is 2.53. The van der Waals surface area contributed by atoms with Gasteiger partial charge in [0.2, 0.25) is 5.76 Å². The van der Waals surface area contributed by atoms with Crippen molar-refractivity contribution in [3.05, 3.63) is 23.5 Å². The van der Waals surface area contributed by atoms with E-state index in [1.165, 1.54) is 0 Å². The number of nitrogens with zero attached hydrogens (tertiary/aromatic N) is 1. The molecule has 15 heavy (non-hydrogen) atoms. The van der Waals surface area contributed by atoms with Gasteiger partial charge in [0.25, 0.3) is 0 Å². The SMILES string of the molecule is Cc1ccc(-c2onc(N)c2C(C)C)o1. The molecule has 0 unspecified atom stereocenters. The van der Waals surface area contributed by atoms with E-state index in [4.69, 9.17) is 14.7 Å². The van der Waals surface area contributed by atoms with Crippen LogP contribution in [0.2, 0.25) is 0 Å². The molecule has 0 fully saturated rings. The highest BCUT2D eigenvalue weighted by atomic mass is 16.5. The van der Waals surface area contributed by atoms with Crippen molar-refractivity contribution in [3.8, 4) is 11.5 Å². The van der Waals surface area contributed by atoms with Crippen LogP contribution in [-0.2, 0) is 0 Å². The van der Waals surface area contributed by atoms with Gasteiger partial charge in [0.1, 0.15) is 5.76 Å². The molecule has 0 saturated carbocycles. The summed E-state index contributed by atoms with van der Waals surface area (Å²) >= 11 is 0. The molecule has 2 heterocycles. The molecule has 2 N–H and O–H groups in total. The van der Waals surface area contributed by atoms with Crippen LogP contribution in [0.1, 0.15) is 31.1 Å². The monoisotopic (exact) mass is 206 g/mol. The Morgan fingerprint density at radius 3 is 2.60 bits per heavy atom. The lowest BCUT2D eigenvalue weighted by molar-refractivity contribution is 0.416. The molecule has 0 aromatic carbocycles. The van der Waals surface area contributed by atoms with E-state index in [9.17, 15) is 0 Å². The first-order valence-electron chi connectivity index (χ1n) is 4.91. The lowest BCUT2D eigenvalue weighted by atomic mass is 10.0. The number of hydrogen-bond donors (Lipinski definition) is 1. The topological polar surface area (TPSA) is 65.2 Å². The molecule has 0 atom stereocenters. The van der Waals surface area contributed by atoms with Crippen LogP contribution < -0.4 is 5.73 Å². The van der Waals surface area contributed by atoms with Gasteiger partial charge in [-0.3, -0.25) is 0 Å². The smallest absolute Gasteiger partial charge is 0.207 e. The Hall–Kier alpha value is -1.71. The maximum atomic E-state index is 5.74. The standard InChI is InChI=1S/C11H14N2O2/c1-6(2)9-10(15-13-11(9)12)8-5-4-7(3)14-8/h4-6H,1-3H3,(H2,12,13). The van der Waals surface area contributed by atoms with Crippen molar-refractivity contribution >= 4 is 5.82 Å². The van der Waals surface area contributed by atoms with E-state index >= 15 is 0 Å². The zero-order valence-corrected chi connectivity index (χ0v) is 9.07. The van der Waals surface area contributed by atoms with Crippen LogP contribution in [0.15, 0.2) is 21.1 Å². The minimum Gasteiger partial charge on any atom is -0.458 e. The number of anilines is 1. The van der Waals surface area contributed by atoms with Gasteiger partial charge in [0.05, 0.1) is 0 Å². The maximum Gasteiger partial charge on any atom is 0.207 e. The zero-order valence-electron chi connectivity index (χ0n) is 9.07. The zero-order chi connectivity index (χ0) is 11.0. The van der Waals surface area contributed by atoms with Crippen molar-refractivity contribution in [1.82, 2.24) is 5.16 Å². The second kappa shape index (κ2) is 3.46. The van der Waals surface area contributed by atoms with Crippen molar-refractivity contribution in [3.63, 3.8) is 0 Å². The van der Waals surface area contributed by atoms with Crippen molar-refractivity contribution in [1.29, 1.82) is 0 Å². The molecule has 0 aliphatic carbocycles. The fourth-order valence-electron chi connectivity index (χ4n) is 1.60. The van der Waals surface area contributed by atoms with Crippen LogP contribution in [-0.4, -0.2) is 5.16 Å². The first-order valence-corrected chi connectivity index (χ1v) is 4.91. The van der Waals surface area contributed by atoms with Crippen LogP contribution in [0.25, 0.3) is 11.5 Å². The Labute approximate surface area is 88.0 Å². The first-order chi connectivity index (χ1) is 7.09. The molecule has 0 amide bonds. The lowest BCUT2D eigenvalue weighted by Crippen LogP contribution is -1.94. The molecule has 2 aromatic rings. The average Bonchev–Trinajstić information content (AvgIpc) is 2.71. The summed E-state index contributed by atoms with van der Waals surface area (Å²) in [5, 5.41) is 3.77. The third-order valence-corrected chi connectivity index (χ3v) is 2.30. The molecule has 0 radical (unpaired) electrons. The molecule has 0 spiro atoms. The van der Waals surface area contributed by atoms with Crippen LogP contribution in [0.3, 0.4) is 0 Å². The summed E-state index contributed by atoms with van der Waals surface area (Å²) in [5.41, 5.74) is 6.65. The number of nitrogen functional groups attached to an aromatic ring is 1. The van der Waals surface area contributed by atoms with Gasteiger partial charge in [-0.05, 0) is 25.0 Å². The first kappa shape index (κ1) is 9.83. The van der Waals surface area contributed by atoms with E-state index in [0.717, 1.165) is 11.3 Å². The van der Waals surface area contributed by atoms with Crippen molar-refractivity contribution < 1.29 is 8.94 Å². The van der Waals surface area contributed by atoms with Crippen molar-refractivity contribution in [2.24, 2.45) is 0 Å². The van der Waals surface area contributed by atoms with Gasteiger partial charge in [-0.15, -0.1) is 0 Å². The number of hydrogen-bond acceptors (Lipinski definition) is 4. The second-order valence-corrected chi connectivity index (χ2v) is 3.88. The summed E-state index contributed by atoms with van der Waals surface area (Å²) < 4.78 is 10.7. The number of aromatic nitrogens is 1. The maximum absolute atomic E-state index is 5.74. The minimum absolute atomic E-state index is 0.261. The van der Waals surface area contributed by atoms with E-state index in [-0.39, 0.29) is 5.92 Å². The molecule has 4 nitrogen and oxygen atoms in total. The van der Waals surface area contributed by atoms with Crippen LogP contribution in [0.5, 0.6) is 0 Å². The third-order valence-electron chi connectivity index (χ3n) is 2.30. The highest BCUT2D eigenvalue weighted by molar-refractivity contribution is 5.62. The van der Waals surface area contributed by atoms with E-state index < -0.39 is 0 Å². The highest BCUT2D eigenvalue weighted by Gasteiger charge is 2.20. The molecule has 0 saturated heterocycles. The lowest BCUT2D eigenvalue weighted by Gasteiger charge is -2.02. The molecule has 2 rings (SSSR count). The largest absolute Gasteiger partial charge is 0.458 e. The van der Waals surface area contributed by atoms with Crippen molar-refractivity contribution in [2.45, 2.75) is 26.7 Å². The van der Waals surface area contributed by atoms with E-state index in [1.807, 2.05) is 32.9 Å². The average molecular weight is 206 g/mol. The summed E-state index contributed by atoms with van der Waals surface area (Å²) in [6.07, 6.45) is 0. The normalized spacial score (nSPS) is 11.2. The Morgan fingerprint density at radius 1 is 1.33 bits per heavy atom. The Morgan fingerprint density at radius 2 is 2.07 bits per heavy atom. The molecule has 80 valence electrons. The molecule has 0 aliphatic rings. The van der Waals surface area contributed by atoms with Gasteiger partial charge in [-0.1, -0.05) is 19.0 Å². The quantitative estimate of drug-likeness (QED) is 0.820. The summed E-state index contributed by atoms with van der Waals surface area (Å²) in [6.45, 7) is 5.97. The Kier molecular flexibility index (Phi) is 2.26. The van der Waals surface area contributed by atoms with Crippen LogP contribution in [0, 0.1) is 6.92 Å². The Bertz CT molecular complexity index is 469. The van der Waals surface area contributed by atoms with Gasteiger partial charge in [0.15, 0.2) is 11.6 Å². The molecule has 0 aliphatic heterocycles. The summed E-state index contributed by atoms with van der Waals surface area (Å²) in [4.78, 5) is 0. The fourth-order valence-corrected chi connectivity index (χ4v) is 1.60. The van der Waals surface area contributed by atoms with Crippen LogP contribution in [0.4, 0.5) is 5.82 Å². The molecule has 2 aromatic heterocycles. The van der Waals surface area contributed by atoms with Crippen molar-refractivity contribution in [2.75, 3.05) is 5.73 Å². The van der Waals surface area contributed by atoms with Gasteiger partial charge in [-0.2, -0.15) is 0 Å². The molecular formula is C11H14N2O2. The van der Waals surface area contributed by atoms with Gasteiger partial charge >= 0.3 is 0 Å². The van der Waals surface area contributed by atoms with Gasteiger partial charge in [0, 0.05) is 5.56 Å². The number of rotatable bonds is 2. The van der Waals surface area contributed by atoms with Crippen LogP contribution >= 0.6 is 0 Å². The predicted octanol–water partition coefficient (Wildman–Crippen LogP) is 2.95. The van der Waals surface area contributed by atoms with E-state index in [0.29, 0.717) is 17.3 Å². The summed E-state index contributed by atoms with van der Waals surface area (Å²) in [5.74, 6) is 2.86. The van der Waals surface area contributed by atoms with E-state index in [2.05, 4.69) is 5.16 Å². The van der Waals surface area contributed by atoms with Gasteiger partial charge in [-0.25, -0.2) is 0 Å². The molecule has 0 bridgehead atoms. The summed E-state index contributed by atoms with van der Waals surface area (Å²) in [6, 6.07) is 3.75. The van der Waals surface area contributed by atoms with E-state index in [1.54, 1.807) is 0 Å². The van der Waals surface area contributed by atoms with Gasteiger partial charge < -0.3 is 14.7 Å².